The number of aromatic nitrogens is 2. The molecule has 10 nitrogen and oxygen atoms in total. The third-order valence-electron chi connectivity index (χ3n) is 4.88. The molecule has 3 N–H and O–H groups in total. The van der Waals surface area contributed by atoms with E-state index in [-0.39, 0.29) is 28.4 Å². The fraction of sp³-hybridized carbons (Fsp3) is 0.0870. The second-order valence-corrected chi connectivity index (χ2v) is 6.84. The molecule has 4 aromatic rings. The molecule has 1 aromatic heterocycles. The predicted molar refractivity (Wildman–Crippen MR) is 121 cm³/mol. The number of aromatic amines is 1. The number of nitrogens with zero attached hydrogens (tertiary/aromatic N) is 4. The zero-order valence-electron chi connectivity index (χ0n) is 17.7. The second-order valence-electron chi connectivity index (χ2n) is 6.84. The van der Waals surface area contributed by atoms with E-state index in [4.69, 9.17) is 14.7 Å². The highest BCUT2D eigenvalue weighted by Gasteiger charge is 2.19. The van der Waals surface area contributed by atoms with Crippen molar-refractivity contribution in [3.63, 3.8) is 0 Å². The highest BCUT2D eigenvalue weighted by Crippen LogP contribution is 2.40. The Labute approximate surface area is 188 Å². The van der Waals surface area contributed by atoms with E-state index in [9.17, 15) is 9.90 Å². The zero-order chi connectivity index (χ0) is 23.4. The smallest absolute Gasteiger partial charge is 0.259 e. The van der Waals surface area contributed by atoms with Crippen LogP contribution in [0.1, 0.15) is 15.9 Å². The van der Waals surface area contributed by atoms with Gasteiger partial charge < -0.3 is 19.9 Å². The van der Waals surface area contributed by atoms with Crippen molar-refractivity contribution in [2.45, 2.75) is 0 Å². The van der Waals surface area contributed by atoms with E-state index in [2.05, 4.69) is 25.7 Å². The molecule has 10 heteroatoms. The summed E-state index contributed by atoms with van der Waals surface area (Å²) in [5.74, 6) is 0.440. The molecule has 0 radical (unpaired) electrons. The average molecular weight is 442 g/mol. The van der Waals surface area contributed by atoms with Gasteiger partial charge >= 0.3 is 0 Å². The minimum absolute atomic E-state index is 0.00867. The Kier molecular flexibility index (Phi) is 5.86. The van der Waals surface area contributed by atoms with E-state index < -0.39 is 5.91 Å². The Balaban J connectivity index is 1.79. The van der Waals surface area contributed by atoms with Crippen LogP contribution >= 0.6 is 0 Å². The van der Waals surface area contributed by atoms with Crippen molar-refractivity contribution in [1.82, 2.24) is 10.2 Å². The van der Waals surface area contributed by atoms with Crippen molar-refractivity contribution in [1.29, 1.82) is 5.26 Å². The fourth-order valence-electron chi connectivity index (χ4n) is 3.17. The van der Waals surface area contributed by atoms with Crippen LogP contribution in [0.5, 0.6) is 17.2 Å². The number of rotatable bonds is 6. The molecule has 0 spiro atoms. The molecule has 0 fully saturated rings. The molecular weight excluding hydrogens is 424 g/mol. The lowest BCUT2D eigenvalue weighted by Gasteiger charge is -2.12. The van der Waals surface area contributed by atoms with Crippen LogP contribution in [0.2, 0.25) is 0 Å². The number of carbonyl (C=O) groups is 1. The number of hydrogen-bond acceptors (Lipinski definition) is 8. The van der Waals surface area contributed by atoms with Gasteiger partial charge in [-0.3, -0.25) is 9.89 Å². The van der Waals surface area contributed by atoms with Gasteiger partial charge in [-0.25, -0.2) is 0 Å². The van der Waals surface area contributed by atoms with Gasteiger partial charge in [-0.1, -0.05) is 0 Å². The number of amides is 1. The summed E-state index contributed by atoms with van der Waals surface area (Å²) in [6, 6.07) is 15.4. The summed E-state index contributed by atoms with van der Waals surface area (Å²) in [7, 11) is 3.08. The van der Waals surface area contributed by atoms with Crippen molar-refractivity contribution in [3.8, 4) is 23.3 Å². The lowest BCUT2D eigenvalue weighted by Crippen LogP contribution is -2.12. The third kappa shape index (κ3) is 4.28. The third-order valence-corrected chi connectivity index (χ3v) is 4.88. The van der Waals surface area contributed by atoms with E-state index in [0.717, 1.165) is 0 Å². The van der Waals surface area contributed by atoms with Crippen LogP contribution in [0.15, 0.2) is 65.0 Å². The highest BCUT2D eigenvalue weighted by molar-refractivity contribution is 6.11. The Morgan fingerprint density at radius 3 is 2.52 bits per heavy atom. The first-order chi connectivity index (χ1) is 16.0. The Morgan fingerprint density at radius 2 is 1.82 bits per heavy atom. The lowest BCUT2D eigenvalue weighted by molar-refractivity contribution is 0.102. The number of nitriles is 1. The van der Waals surface area contributed by atoms with Gasteiger partial charge in [0.25, 0.3) is 5.91 Å². The quantitative estimate of drug-likeness (QED) is 0.365. The monoisotopic (exact) mass is 442 g/mol. The molecule has 3 aromatic carbocycles. The maximum atomic E-state index is 13.0. The predicted octanol–water partition coefficient (Wildman–Crippen LogP) is 4.83. The maximum absolute atomic E-state index is 13.0. The van der Waals surface area contributed by atoms with Crippen molar-refractivity contribution < 1.29 is 19.4 Å². The summed E-state index contributed by atoms with van der Waals surface area (Å²) in [6.45, 7) is 0. The number of benzene rings is 3. The van der Waals surface area contributed by atoms with Crippen molar-refractivity contribution in [2.24, 2.45) is 10.2 Å². The summed E-state index contributed by atoms with van der Waals surface area (Å²) in [5.41, 5.74) is 0.766. The highest BCUT2D eigenvalue weighted by atomic mass is 16.5. The molecule has 0 saturated carbocycles. The first kappa shape index (κ1) is 21.3. The number of methoxy groups -OCH3 is 2. The number of hydrogen-bond donors (Lipinski definition) is 3. The Morgan fingerprint density at radius 1 is 1.09 bits per heavy atom. The molecule has 1 amide bonds. The van der Waals surface area contributed by atoms with Crippen molar-refractivity contribution in [3.05, 3.63) is 65.9 Å². The molecule has 0 atom stereocenters. The number of ether oxygens (including phenoxy) is 2. The molecule has 0 unspecified atom stereocenters. The Bertz CT molecular complexity index is 1400. The summed E-state index contributed by atoms with van der Waals surface area (Å²) >= 11 is 0. The molecule has 1 heterocycles. The molecule has 164 valence electrons. The van der Waals surface area contributed by atoms with Gasteiger partial charge in [-0.05, 0) is 53.9 Å². The van der Waals surface area contributed by atoms with E-state index in [1.165, 1.54) is 13.3 Å². The molecular formula is C23H18N6O4. The van der Waals surface area contributed by atoms with Crippen LogP contribution < -0.4 is 14.8 Å². The van der Waals surface area contributed by atoms with E-state index >= 15 is 0 Å². The number of nitrogens with one attached hydrogen (secondary N) is 2. The molecule has 33 heavy (non-hydrogen) atoms. The van der Waals surface area contributed by atoms with Crippen LogP contribution in [0, 0.1) is 11.3 Å². The summed E-state index contributed by atoms with van der Waals surface area (Å²) < 4.78 is 10.4. The van der Waals surface area contributed by atoms with Gasteiger partial charge in [0.1, 0.15) is 28.8 Å². The summed E-state index contributed by atoms with van der Waals surface area (Å²) in [6.07, 6.45) is 1.32. The van der Waals surface area contributed by atoms with Gasteiger partial charge in [-0.15, -0.1) is 10.2 Å². The fourth-order valence-corrected chi connectivity index (χ4v) is 3.17. The van der Waals surface area contributed by atoms with Gasteiger partial charge in [-0.2, -0.15) is 10.4 Å². The Hall–Kier alpha value is -4.91. The molecule has 4 rings (SSSR count). The number of azo groups is 1. The largest absolute Gasteiger partial charge is 0.505 e. The minimum atomic E-state index is -0.543. The standard InChI is InChI=1S/C23H18N6O4/c1-32-16-5-3-15(4-6-16)26-23(31)19-10-13-9-17(33-2)7-8-18(13)20(21(19)30)27-29-22-14(11-24)12-25-28-22/h3-10,12,30H,1-2H3,(H,25,28)(H,26,31). The lowest BCUT2D eigenvalue weighted by atomic mass is 10.0. The molecule has 0 aliphatic rings. The molecule has 0 saturated heterocycles. The van der Waals surface area contributed by atoms with Gasteiger partial charge in [0.15, 0.2) is 11.6 Å². The number of anilines is 1. The number of aromatic hydroxyl groups is 1. The van der Waals surface area contributed by atoms with E-state index in [1.807, 2.05) is 6.07 Å². The first-order valence-electron chi connectivity index (χ1n) is 9.68. The molecule has 0 aliphatic carbocycles. The van der Waals surface area contributed by atoms with Gasteiger partial charge in [0, 0.05) is 11.1 Å². The van der Waals surface area contributed by atoms with Crippen molar-refractivity contribution >= 4 is 33.9 Å². The number of phenolic OH excluding ortho intramolecular Hbond substituents is 1. The average Bonchev–Trinajstić information content (AvgIpc) is 3.30. The molecule has 0 aliphatic heterocycles. The summed E-state index contributed by atoms with van der Waals surface area (Å²) in [5, 5.41) is 38.4. The van der Waals surface area contributed by atoms with Crippen molar-refractivity contribution in [2.75, 3.05) is 19.5 Å². The zero-order valence-corrected chi connectivity index (χ0v) is 17.7. The van der Waals surface area contributed by atoms with E-state index in [0.29, 0.717) is 28.0 Å². The normalized spacial score (nSPS) is 10.8. The SMILES string of the molecule is COc1ccc(NC(=O)c2cc3cc(OC)ccc3c(N=Nc3[nH]ncc3C#N)c2O)cc1. The van der Waals surface area contributed by atoms with E-state index in [1.54, 1.807) is 55.6 Å². The van der Waals surface area contributed by atoms with Gasteiger partial charge in [0.2, 0.25) is 0 Å². The van der Waals surface area contributed by atoms with Gasteiger partial charge in [0.05, 0.1) is 26.0 Å². The first-order valence-corrected chi connectivity index (χ1v) is 9.68. The minimum Gasteiger partial charge on any atom is -0.505 e. The second kappa shape index (κ2) is 9.07. The number of carbonyl (C=O) groups excluding carboxylic acids is 1. The summed E-state index contributed by atoms with van der Waals surface area (Å²) in [4.78, 5) is 13.0. The topological polar surface area (TPSA) is 145 Å². The van der Waals surface area contributed by atoms with Crippen LogP contribution in [-0.2, 0) is 0 Å². The number of phenols is 1. The maximum Gasteiger partial charge on any atom is 0.259 e. The van der Waals surface area contributed by atoms with Crippen LogP contribution in [-0.4, -0.2) is 35.4 Å². The van der Waals surface area contributed by atoms with Crippen LogP contribution in [0.25, 0.3) is 10.8 Å². The van der Waals surface area contributed by atoms with Crippen LogP contribution in [0.4, 0.5) is 17.2 Å². The number of H-pyrrole nitrogens is 1. The van der Waals surface area contributed by atoms with Crippen LogP contribution in [0.3, 0.4) is 0 Å². The number of fused-ring (bicyclic) bond motifs is 1. The molecule has 0 bridgehead atoms.